The van der Waals surface area contributed by atoms with Crippen molar-refractivity contribution in [2.75, 3.05) is 6.54 Å². The Morgan fingerprint density at radius 2 is 1.67 bits per heavy atom. The summed E-state index contributed by atoms with van der Waals surface area (Å²) in [4.78, 5) is 64.9. The highest BCUT2D eigenvalue weighted by molar-refractivity contribution is 6.37. The van der Waals surface area contributed by atoms with E-state index < -0.39 is 35.7 Å². The maximum atomic E-state index is 13.6. The summed E-state index contributed by atoms with van der Waals surface area (Å²) >= 11 is 0. The van der Waals surface area contributed by atoms with Crippen molar-refractivity contribution in [3.8, 4) is 0 Å². The number of hydrogen-bond acceptors (Lipinski definition) is 5. The summed E-state index contributed by atoms with van der Waals surface area (Å²) in [6, 6.07) is -2.32. The van der Waals surface area contributed by atoms with E-state index in [9.17, 15) is 24.0 Å². The molecule has 182 valence electrons. The Morgan fingerprint density at radius 1 is 1.03 bits per heavy atom. The fraction of sp³-hybridized carbons (Fsp3) is 0.792. The molecular formula is C24H36N4O5. The third kappa shape index (κ3) is 4.64. The number of amides is 4. The maximum Gasteiger partial charge on any atom is 0.287 e. The van der Waals surface area contributed by atoms with Crippen LogP contribution in [0, 0.1) is 35.0 Å². The predicted molar refractivity (Wildman–Crippen MR) is 119 cm³/mol. The van der Waals surface area contributed by atoms with Crippen molar-refractivity contribution in [2.24, 2.45) is 40.7 Å². The first-order valence-corrected chi connectivity index (χ1v) is 12.2. The van der Waals surface area contributed by atoms with Crippen molar-refractivity contribution in [1.82, 2.24) is 15.5 Å². The van der Waals surface area contributed by atoms with Crippen LogP contribution in [-0.4, -0.2) is 59.0 Å². The molecule has 0 radical (unpaired) electrons. The second kappa shape index (κ2) is 8.40. The lowest BCUT2D eigenvalue weighted by Gasteiger charge is -2.34. The summed E-state index contributed by atoms with van der Waals surface area (Å²) in [6.07, 6.45) is 4.05. The number of carbonyl (C=O) groups is 5. The molecule has 4 N–H and O–H groups in total. The van der Waals surface area contributed by atoms with Gasteiger partial charge in [0, 0.05) is 12.5 Å². The van der Waals surface area contributed by atoms with Gasteiger partial charge in [0.1, 0.15) is 12.1 Å². The molecule has 0 bridgehead atoms. The van der Waals surface area contributed by atoms with Crippen molar-refractivity contribution >= 4 is 29.4 Å². The molecule has 1 heterocycles. The minimum atomic E-state index is -1.06. The van der Waals surface area contributed by atoms with Crippen molar-refractivity contribution < 1.29 is 24.0 Å². The van der Waals surface area contributed by atoms with Gasteiger partial charge < -0.3 is 21.3 Å². The van der Waals surface area contributed by atoms with Crippen LogP contribution in [0.3, 0.4) is 0 Å². The van der Waals surface area contributed by atoms with Crippen LogP contribution in [0.5, 0.6) is 0 Å². The van der Waals surface area contributed by atoms with Crippen molar-refractivity contribution in [1.29, 1.82) is 0 Å². The number of nitrogens with one attached hydrogen (secondary N) is 2. The van der Waals surface area contributed by atoms with Gasteiger partial charge >= 0.3 is 0 Å². The Bertz CT molecular complexity index is 876. The van der Waals surface area contributed by atoms with Gasteiger partial charge in [-0.3, -0.25) is 24.0 Å². The summed E-state index contributed by atoms with van der Waals surface area (Å²) in [7, 11) is 0. The average Bonchev–Trinajstić information content (AvgIpc) is 3.68. The van der Waals surface area contributed by atoms with Crippen molar-refractivity contribution in [3.05, 3.63) is 0 Å². The van der Waals surface area contributed by atoms with Crippen LogP contribution in [-0.2, 0) is 24.0 Å². The summed E-state index contributed by atoms with van der Waals surface area (Å²) in [5, 5.41) is 5.66. The molecule has 3 aliphatic carbocycles. The van der Waals surface area contributed by atoms with E-state index in [0.29, 0.717) is 18.9 Å². The van der Waals surface area contributed by atoms with Crippen LogP contribution in [0.15, 0.2) is 0 Å². The molecule has 9 nitrogen and oxygen atoms in total. The molecule has 3 saturated carbocycles. The number of hydrogen-bond donors (Lipinski definition) is 3. The quantitative estimate of drug-likeness (QED) is 0.404. The first-order valence-electron chi connectivity index (χ1n) is 12.2. The number of fused-ring (bicyclic) bond motifs is 1. The van der Waals surface area contributed by atoms with Crippen LogP contribution in [0.1, 0.15) is 59.8 Å². The minimum Gasteiger partial charge on any atom is -0.363 e. The smallest absolute Gasteiger partial charge is 0.287 e. The van der Waals surface area contributed by atoms with E-state index in [2.05, 4.69) is 24.5 Å². The highest BCUT2D eigenvalue weighted by atomic mass is 16.2. The van der Waals surface area contributed by atoms with E-state index in [1.165, 1.54) is 0 Å². The van der Waals surface area contributed by atoms with Crippen molar-refractivity contribution in [2.45, 2.75) is 77.9 Å². The van der Waals surface area contributed by atoms with Crippen LogP contribution in [0.2, 0.25) is 0 Å². The topological polar surface area (TPSA) is 139 Å². The van der Waals surface area contributed by atoms with E-state index in [-0.39, 0.29) is 40.9 Å². The van der Waals surface area contributed by atoms with E-state index in [4.69, 9.17) is 5.73 Å². The van der Waals surface area contributed by atoms with E-state index in [1.807, 2.05) is 0 Å². The van der Waals surface area contributed by atoms with Crippen LogP contribution in [0.4, 0.5) is 0 Å². The van der Waals surface area contributed by atoms with Gasteiger partial charge in [-0.2, -0.15) is 0 Å². The van der Waals surface area contributed by atoms with Gasteiger partial charge in [-0.15, -0.1) is 0 Å². The molecule has 0 spiro atoms. The lowest BCUT2D eigenvalue weighted by atomic mass is 9.98. The molecule has 1 aliphatic heterocycles. The van der Waals surface area contributed by atoms with Gasteiger partial charge in [0.15, 0.2) is 0 Å². The van der Waals surface area contributed by atoms with Crippen LogP contribution >= 0.6 is 0 Å². The number of piperidine rings is 1. The minimum absolute atomic E-state index is 0.0210. The summed E-state index contributed by atoms with van der Waals surface area (Å²) in [5.74, 6) is -2.36. The summed E-state index contributed by atoms with van der Waals surface area (Å²) in [6.45, 7) is 8.18. The Balaban J connectivity index is 1.52. The highest BCUT2D eigenvalue weighted by Gasteiger charge is 2.70. The SMILES string of the molecule is CC(C)C(=O)NC(C(=O)N1C[C@H]2[C@@H]([C@H]1C(=O)NC(CC1CC1)C(=O)C(N)=O)C2(C)C)C1CC1. The van der Waals surface area contributed by atoms with Gasteiger partial charge in [-0.25, -0.2) is 0 Å². The predicted octanol–water partition coefficient (Wildman–Crippen LogP) is 0.360. The Kier molecular flexibility index (Phi) is 6.03. The van der Waals surface area contributed by atoms with Gasteiger partial charge in [-0.05, 0) is 48.3 Å². The van der Waals surface area contributed by atoms with Crippen LogP contribution < -0.4 is 16.4 Å². The lowest BCUT2D eigenvalue weighted by molar-refractivity contribution is -0.145. The second-order valence-corrected chi connectivity index (χ2v) is 11.3. The van der Waals surface area contributed by atoms with Gasteiger partial charge in [-0.1, -0.05) is 40.5 Å². The van der Waals surface area contributed by atoms with Gasteiger partial charge in [0.25, 0.3) is 5.91 Å². The van der Waals surface area contributed by atoms with Gasteiger partial charge in [0.05, 0.1) is 6.04 Å². The Morgan fingerprint density at radius 3 is 2.18 bits per heavy atom. The molecule has 5 atom stereocenters. The number of nitrogens with two attached hydrogens (primary N) is 1. The number of nitrogens with zero attached hydrogens (tertiary/aromatic N) is 1. The average molecular weight is 461 g/mol. The molecule has 0 aromatic carbocycles. The molecule has 4 rings (SSSR count). The molecule has 2 unspecified atom stereocenters. The third-order valence-electron chi connectivity index (χ3n) is 8.08. The molecule has 9 heteroatoms. The van der Waals surface area contributed by atoms with Gasteiger partial charge in [0.2, 0.25) is 23.5 Å². The number of ketones is 1. The summed E-state index contributed by atoms with van der Waals surface area (Å²) in [5.41, 5.74) is 5.13. The standard InChI is InChI=1S/C24H36N4O5/c1-11(2)21(31)27-17(13-7-8-13)23(33)28-10-14-16(24(14,3)4)18(28)22(32)26-15(9-12-5-6-12)19(29)20(25)30/h11-18H,5-10H2,1-4H3,(H2,25,30)(H,26,32)(H,27,31)/t14-,15?,16-,17?,18-/m0/s1. The fourth-order valence-corrected chi connectivity index (χ4v) is 5.47. The lowest BCUT2D eigenvalue weighted by Crippen LogP contribution is -2.58. The largest absolute Gasteiger partial charge is 0.363 e. The number of rotatable bonds is 10. The zero-order chi connectivity index (χ0) is 24.2. The van der Waals surface area contributed by atoms with E-state index >= 15 is 0 Å². The molecule has 0 aromatic rings. The molecule has 4 fully saturated rings. The number of likely N-dealkylation sites (tertiary alicyclic amines) is 1. The number of carbonyl (C=O) groups excluding carboxylic acids is 5. The Hall–Kier alpha value is -2.45. The van der Waals surface area contributed by atoms with E-state index in [1.54, 1.807) is 18.7 Å². The molecule has 4 aliphatic rings. The highest BCUT2D eigenvalue weighted by Crippen LogP contribution is 2.65. The molecule has 4 amide bonds. The monoisotopic (exact) mass is 460 g/mol. The van der Waals surface area contributed by atoms with E-state index in [0.717, 1.165) is 25.7 Å². The Labute approximate surface area is 194 Å². The van der Waals surface area contributed by atoms with Crippen molar-refractivity contribution in [3.63, 3.8) is 0 Å². The summed E-state index contributed by atoms with van der Waals surface area (Å²) < 4.78 is 0. The third-order valence-corrected chi connectivity index (χ3v) is 8.08. The first kappa shape index (κ1) is 23.7. The molecule has 1 saturated heterocycles. The zero-order valence-electron chi connectivity index (χ0n) is 19.9. The maximum absolute atomic E-state index is 13.6. The molecule has 0 aromatic heterocycles. The number of primary amides is 1. The fourth-order valence-electron chi connectivity index (χ4n) is 5.47. The molecular weight excluding hydrogens is 424 g/mol. The number of Topliss-reactive ketones (excluding diaryl/α,β-unsaturated/α-hetero) is 1. The second-order valence-electron chi connectivity index (χ2n) is 11.3. The normalized spacial score (nSPS) is 29.1. The molecule has 33 heavy (non-hydrogen) atoms. The zero-order valence-corrected chi connectivity index (χ0v) is 19.9. The van der Waals surface area contributed by atoms with Crippen LogP contribution in [0.25, 0.3) is 0 Å². The first-order chi connectivity index (χ1) is 15.4.